The van der Waals surface area contributed by atoms with Crippen LogP contribution < -0.4 is 10.1 Å². The van der Waals surface area contributed by atoms with Gasteiger partial charge in [-0.3, -0.25) is 4.79 Å². The number of hydrogen-bond acceptors (Lipinski definition) is 4. The lowest BCUT2D eigenvalue weighted by molar-refractivity contribution is 0.0910. The number of nitrogens with zero attached hydrogens (tertiary/aromatic N) is 1. The number of carbonyl (C=O) groups is 1. The number of pyridine rings is 1. The number of hydrogen-bond donors (Lipinski definition) is 2. The molecule has 1 aromatic heterocycles. The van der Waals surface area contributed by atoms with E-state index in [4.69, 9.17) is 4.74 Å². The van der Waals surface area contributed by atoms with Crippen LogP contribution in [0.2, 0.25) is 0 Å². The number of methoxy groups -OCH3 is 1. The van der Waals surface area contributed by atoms with E-state index in [1.54, 1.807) is 24.3 Å². The van der Waals surface area contributed by atoms with Crippen molar-refractivity contribution in [1.82, 2.24) is 10.3 Å². The van der Waals surface area contributed by atoms with Crippen molar-refractivity contribution in [2.75, 3.05) is 13.7 Å². The average Bonchev–Trinajstić information content (AvgIpc) is 2.52. The van der Waals surface area contributed by atoms with E-state index in [1.807, 2.05) is 0 Å². The lowest BCUT2D eigenvalue weighted by atomic mass is 10.1. The molecular weight excluding hydrogens is 275 g/mol. The van der Waals surface area contributed by atoms with E-state index in [0.717, 1.165) is 6.07 Å². The molecule has 110 valence electrons. The summed E-state index contributed by atoms with van der Waals surface area (Å²) in [4.78, 5) is 15.3. The molecule has 0 aliphatic rings. The van der Waals surface area contributed by atoms with Gasteiger partial charge in [-0.25, -0.2) is 4.98 Å². The third kappa shape index (κ3) is 4.00. The lowest BCUT2D eigenvalue weighted by Crippen LogP contribution is -2.29. The van der Waals surface area contributed by atoms with Crippen LogP contribution in [-0.4, -0.2) is 29.7 Å². The van der Waals surface area contributed by atoms with Crippen molar-refractivity contribution in [2.24, 2.45) is 0 Å². The molecule has 6 heteroatoms. The second-order valence-electron chi connectivity index (χ2n) is 4.35. The first kappa shape index (κ1) is 14.9. The first-order chi connectivity index (χ1) is 10.1. The van der Waals surface area contributed by atoms with Gasteiger partial charge in [0.2, 0.25) is 5.95 Å². The van der Waals surface area contributed by atoms with Crippen LogP contribution in [0.5, 0.6) is 5.75 Å². The van der Waals surface area contributed by atoms with Crippen molar-refractivity contribution < 1.29 is 19.0 Å². The molecule has 21 heavy (non-hydrogen) atoms. The average molecular weight is 290 g/mol. The summed E-state index contributed by atoms with van der Waals surface area (Å²) < 4.78 is 18.0. The number of aromatic nitrogens is 1. The van der Waals surface area contributed by atoms with Gasteiger partial charge in [0, 0.05) is 6.54 Å². The van der Waals surface area contributed by atoms with Crippen LogP contribution in [0.1, 0.15) is 22.2 Å². The summed E-state index contributed by atoms with van der Waals surface area (Å²) >= 11 is 0. The quantitative estimate of drug-likeness (QED) is 0.822. The number of rotatable bonds is 5. The van der Waals surface area contributed by atoms with Crippen LogP contribution in [-0.2, 0) is 0 Å². The minimum absolute atomic E-state index is 0.00973. The summed E-state index contributed by atoms with van der Waals surface area (Å²) in [5, 5.41) is 12.5. The smallest absolute Gasteiger partial charge is 0.270 e. The van der Waals surface area contributed by atoms with Gasteiger partial charge in [0.05, 0.1) is 13.2 Å². The zero-order chi connectivity index (χ0) is 15.2. The Balaban J connectivity index is 1.97. The van der Waals surface area contributed by atoms with Crippen LogP contribution >= 0.6 is 0 Å². The van der Waals surface area contributed by atoms with E-state index >= 15 is 0 Å². The highest BCUT2D eigenvalue weighted by atomic mass is 19.1. The van der Waals surface area contributed by atoms with Gasteiger partial charge in [-0.15, -0.1) is 0 Å². The Morgan fingerprint density at radius 2 is 2.14 bits per heavy atom. The standard InChI is InChI=1S/C15H15FN2O3/c1-21-11-5-2-4-10(8-11)13(19)9-17-15(20)12-6-3-7-14(16)18-12/h2-8,13,19H,9H2,1H3,(H,17,20). The minimum atomic E-state index is -0.891. The second kappa shape index (κ2) is 6.81. The number of nitrogens with one attached hydrogen (secondary N) is 1. The molecular formula is C15H15FN2O3. The van der Waals surface area contributed by atoms with E-state index in [-0.39, 0.29) is 12.2 Å². The minimum Gasteiger partial charge on any atom is -0.497 e. The fourth-order valence-corrected chi connectivity index (χ4v) is 1.78. The lowest BCUT2D eigenvalue weighted by Gasteiger charge is -2.13. The topological polar surface area (TPSA) is 71.5 Å². The fraction of sp³-hybridized carbons (Fsp3) is 0.200. The van der Waals surface area contributed by atoms with Crippen molar-refractivity contribution in [3.05, 3.63) is 59.7 Å². The van der Waals surface area contributed by atoms with Gasteiger partial charge >= 0.3 is 0 Å². The number of aliphatic hydroxyl groups is 1. The molecule has 2 aromatic rings. The van der Waals surface area contributed by atoms with Gasteiger partial charge in [-0.2, -0.15) is 4.39 Å². The summed E-state index contributed by atoms with van der Waals surface area (Å²) in [5.41, 5.74) is 0.578. The van der Waals surface area contributed by atoms with Gasteiger partial charge < -0.3 is 15.2 Å². The van der Waals surface area contributed by atoms with Crippen LogP contribution in [0.15, 0.2) is 42.5 Å². The van der Waals surface area contributed by atoms with E-state index in [2.05, 4.69) is 10.3 Å². The second-order valence-corrected chi connectivity index (χ2v) is 4.35. The van der Waals surface area contributed by atoms with Crippen LogP contribution in [0, 0.1) is 5.95 Å². The Morgan fingerprint density at radius 1 is 1.38 bits per heavy atom. The highest BCUT2D eigenvalue weighted by Gasteiger charge is 2.12. The number of halogens is 1. The molecule has 0 saturated carbocycles. The Labute approximate surface area is 121 Å². The molecule has 0 aliphatic heterocycles. The van der Waals surface area contributed by atoms with Crippen molar-refractivity contribution in [1.29, 1.82) is 0 Å². The van der Waals surface area contributed by atoms with Crippen molar-refractivity contribution in [3.63, 3.8) is 0 Å². The Morgan fingerprint density at radius 3 is 2.86 bits per heavy atom. The molecule has 0 aliphatic carbocycles. The molecule has 5 nitrogen and oxygen atoms in total. The molecule has 1 amide bonds. The summed E-state index contributed by atoms with van der Waals surface area (Å²) in [6.45, 7) is -0.00973. The summed E-state index contributed by atoms with van der Waals surface area (Å²) in [7, 11) is 1.53. The number of aliphatic hydroxyl groups excluding tert-OH is 1. The van der Waals surface area contributed by atoms with Gasteiger partial charge in [0.1, 0.15) is 11.4 Å². The number of carbonyl (C=O) groups excluding carboxylic acids is 1. The van der Waals surface area contributed by atoms with Crippen molar-refractivity contribution in [3.8, 4) is 5.75 Å². The van der Waals surface area contributed by atoms with Crippen LogP contribution in [0.3, 0.4) is 0 Å². The molecule has 1 aromatic carbocycles. The maximum Gasteiger partial charge on any atom is 0.270 e. The van der Waals surface area contributed by atoms with Crippen molar-refractivity contribution in [2.45, 2.75) is 6.10 Å². The van der Waals surface area contributed by atoms with Crippen LogP contribution in [0.4, 0.5) is 4.39 Å². The highest BCUT2D eigenvalue weighted by Crippen LogP contribution is 2.18. The molecule has 0 bridgehead atoms. The van der Waals surface area contributed by atoms with Crippen LogP contribution in [0.25, 0.3) is 0 Å². The SMILES string of the molecule is COc1cccc(C(O)CNC(=O)c2cccc(F)n2)c1. The Bertz CT molecular complexity index is 634. The largest absolute Gasteiger partial charge is 0.497 e. The predicted molar refractivity (Wildman–Crippen MR) is 74.5 cm³/mol. The molecule has 0 saturated heterocycles. The Hall–Kier alpha value is -2.47. The summed E-state index contributed by atoms with van der Waals surface area (Å²) in [6.07, 6.45) is -0.891. The van der Waals surface area contributed by atoms with E-state index in [9.17, 15) is 14.3 Å². The Kier molecular flexibility index (Phi) is 4.84. The predicted octanol–water partition coefficient (Wildman–Crippen LogP) is 1.69. The summed E-state index contributed by atoms with van der Waals surface area (Å²) in [6, 6.07) is 10.9. The first-order valence-electron chi connectivity index (χ1n) is 6.33. The molecule has 0 spiro atoms. The molecule has 1 heterocycles. The fourth-order valence-electron chi connectivity index (χ4n) is 1.78. The monoisotopic (exact) mass is 290 g/mol. The molecule has 2 N–H and O–H groups in total. The van der Waals surface area contributed by atoms with Gasteiger partial charge in [0.25, 0.3) is 5.91 Å². The first-order valence-corrected chi connectivity index (χ1v) is 6.33. The maximum atomic E-state index is 12.9. The molecule has 1 atom stereocenters. The highest BCUT2D eigenvalue weighted by molar-refractivity contribution is 5.92. The van der Waals surface area contributed by atoms with Gasteiger partial charge in [0.15, 0.2) is 0 Å². The molecule has 2 rings (SSSR count). The summed E-state index contributed by atoms with van der Waals surface area (Å²) in [5.74, 6) is -0.655. The zero-order valence-corrected chi connectivity index (χ0v) is 11.4. The number of ether oxygens (including phenoxy) is 1. The maximum absolute atomic E-state index is 12.9. The van der Waals surface area contributed by atoms with Gasteiger partial charge in [-0.05, 0) is 29.8 Å². The van der Waals surface area contributed by atoms with E-state index in [0.29, 0.717) is 11.3 Å². The number of benzene rings is 1. The van der Waals surface area contributed by atoms with Crippen molar-refractivity contribution >= 4 is 5.91 Å². The molecule has 1 unspecified atom stereocenters. The van der Waals surface area contributed by atoms with Gasteiger partial charge in [-0.1, -0.05) is 18.2 Å². The third-order valence-electron chi connectivity index (χ3n) is 2.88. The zero-order valence-electron chi connectivity index (χ0n) is 11.4. The normalized spacial score (nSPS) is 11.8. The number of amides is 1. The molecule has 0 radical (unpaired) electrons. The third-order valence-corrected chi connectivity index (χ3v) is 2.88. The van der Waals surface area contributed by atoms with E-state index in [1.165, 1.54) is 19.2 Å². The molecule has 0 fully saturated rings. The van der Waals surface area contributed by atoms with E-state index < -0.39 is 18.0 Å².